The predicted molar refractivity (Wildman–Crippen MR) is 61.6 cm³/mol. The van der Waals surface area contributed by atoms with Gasteiger partial charge < -0.3 is 4.42 Å². The standard InChI is InChI=1S/C14H8F2O3/c1-14(15,16)10-6-9-11(17)7-4-2-3-5-8(7)12(18)13(9)19-10/h2-6H,1H3. The molecule has 1 heterocycles. The molecule has 96 valence electrons. The second kappa shape index (κ2) is 3.60. The molecule has 0 fully saturated rings. The van der Waals surface area contributed by atoms with Gasteiger partial charge >= 0.3 is 5.92 Å². The molecule has 1 aliphatic carbocycles. The lowest BCUT2D eigenvalue weighted by molar-refractivity contribution is -0.00587. The van der Waals surface area contributed by atoms with Gasteiger partial charge in [-0.2, -0.15) is 8.78 Å². The fraction of sp³-hybridized carbons (Fsp3) is 0.143. The van der Waals surface area contributed by atoms with Crippen LogP contribution in [0.2, 0.25) is 0 Å². The first-order valence-corrected chi connectivity index (χ1v) is 5.60. The topological polar surface area (TPSA) is 47.3 Å². The molecule has 1 aromatic heterocycles. The molecule has 19 heavy (non-hydrogen) atoms. The number of ketones is 2. The Morgan fingerprint density at radius 1 is 1.00 bits per heavy atom. The minimum atomic E-state index is -3.23. The van der Waals surface area contributed by atoms with Crippen molar-refractivity contribution in [3.63, 3.8) is 0 Å². The summed E-state index contributed by atoms with van der Waals surface area (Å²) < 4.78 is 31.3. The van der Waals surface area contributed by atoms with E-state index in [2.05, 4.69) is 0 Å². The zero-order valence-corrected chi connectivity index (χ0v) is 9.87. The summed E-state index contributed by atoms with van der Waals surface area (Å²) in [4.78, 5) is 24.2. The first-order chi connectivity index (χ1) is 8.89. The molecule has 0 unspecified atom stereocenters. The van der Waals surface area contributed by atoms with Gasteiger partial charge in [-0.25, -0.2) is 0 Å². The molecule has 0 saturated carbocycles. The average molecular weight is 262 g/mol. The van der Waals surface area contributed by atoms with E-state index in [0.29, 0.717) is 6.92 Å². The highest BCUT2D eigenvalue weighted by Gasteiger charge is 2.38. The summed E-state index contributed by atoms with van der Waals surface area (Å²) in [7, 11) is 0. The Morgan fingerprint density at radius 2 is 1.58 bits per heavy atom. The molecular weight excluding hydrogens is 254 g/mol. The number of halogens is 2. The van der Waals surface area contributed by atoms with Crippen molar-refractivity contribution in [2.24, 2.45) is 0 Å². The number of rotatable bonds is 1. The van der Waals surface area contributed by atoms with E-state index in [0.717, 1.165) is 6.07 Å². The smallest absolute Gasteiger partial charge is 0.301 e. The van der Waals surface area contributed by atoms with Gasteiger partial charge in [-0.1, -0.05) is 24.3 Å². The van der Waals surface area contributed by atoms with Crippen molar-refractivity contribution in [3.8, 4) is 0 Å². The lowest BCUT2D eigenvalue weighted by Crippen LogP contribution is -2.18. The van der Waals surface area contributed by atoms with Gasteiger partial charge in [-0.05, 0) is 6.07 Å². The summed E-state index contributed by atoms with van der Waals surface area (Å²) in [6.07, 6.45) is 0. The van der Waals surface area contributed by atoms with Gasteiger partial charge in [-0.3, -0.25) is 9.59 Å². The zero-order valence-electron chi connectivity index (χ0n) is 9.87. The van der Waals surface area contributed by atoms with Crippen LogP contribution in [0.15, 0.2) is 34.7 Å². The van der Waals surface area contributed by atoms with Crippen molar-refractivity contribution in [2.75, 3.05) is 0 Å². The molecule has 0 radical (unpaired) electrons. The number of carbonyl (C=O) groups is 2. The number of fused-ring (bicyclic) bond motifs is 2. The summed E-state index contributed by atoms with van der Waals surface area (Å²) >= 11 is 0. The SMILES string of the molecule is CC(F)(F)c1cc2c(o1)C(=O)c1ccccc1C2=O. The summed E-state index contributed by atoms with van der Waals surface area (Å²) in [5.74, 6) is -5.22. The molecule has 0 spiro atoms. The van der Waals surface area contributed by atoms with Crippen molar-refractivity contribution in [1.29, 1.82) is 0 Å². The van der Waals surface area contributed by atoms with E-state index >= 15 is 0 Å². The number of hydrogen-bond donors (Lipinski definition) is 0. The Hall–Kier alpha value is -2.30. The Morgan fingerprint density at radius 3 is 2.16 bits per heavy atom. The maximum Gasteiger partial charge on any atom is 0.301 e. The number of furan rings is 1. The predicted octanol–water partition coefficient (Wildman–Crippen LogP) is 3.17. The fourth-order valence-corrected chi connectivity index (χ4v) is 2.09. The summed E-state index contributed by atoms with van der Waals surface area (Å²) in [5.41, 5.74) is 0.298. The third kappa shape index (κ3) is 1.62. The quantitative estimate of drug-likeness (QED) is 0.676. The Balaban J connectivity index is 2.24. The molecule has 1 aromatic carbocycles. The monoisotopic (exact) mass is 262 g/mol. The number of alkyl halides is 2. The van der Waals surface area contributed by atoms with Crippen LogP contribution in [0.25, 0.3) is 0 Å². The second-order valence-corrected chi connectivity index (χ2v) is 4.45. The van der Waals surface area contributed by atoms with Crippen LogP contribution >= 0.6 is 0 Å². The van der Waals surface area contributed by atoms with Gasteiger partial charge in [-0.15, -0.1) is 0 Å². The molecule has 2 aromatic rings. The van der Waals surface area contributed by atoms with Crippen LogP contribution < -0.4 is 0 Å². The summed E-state index contributed by atoms with van der Waals surface area (Å²) in [6, 6.07) is 7.14. The molecule has 1 aliphatic rings. The van der Waals surface area contributed by atoms with Crippen LogP contribution in [0.1, 0.15) is 44.7 Å². The van der Waals surface area contributed by atoms with Crippen LogP contribution in [-0.4, -0.2) is 11.6 Å². The van der Waals surface area contributed by atoms with Gasteiger partial charge in [0.2, 0.25) is 5.78 Å². The third-order valence-electron chi connectivity index (χ3n) is 3.03. The van der Waals surface area contributed by atoms with Crippen molar-refractivity contribution in [2.45, 2.75) is 12.8 Å². The lowest BCUT2D eigenvalue weighted by atomic mass is 9.88. The molecule has 3 rings (SSSR count). The van der Waals surface area contributed by atoms with Crippen LogP contribution in [0, 0.1) is 0 Å². The Bertz CT molecular complexity index is 655. The van der Waals surface area contributed by atoms with Gasteiger partial charge in [0.25, 0.3) is 0 Å². The van der Waals surface area contributed by atoms with Gasteiger partial charge in [0.05, 0.1) is 5.56 Å². The molecule has 0 atom stereocenters. The van der Waals surface area contributed by atoms with Crippen LogP contribution in [0.5, 0.6) is 0 Å². The van der Waals surface area contributed by atoms with E-state index in [-0.39, 0.29) is 22.5 Å². The minimum Gasteiger partial charge on any atom is -0.450 e. The second-order valence-electron chi connectivity index (χ2n) is 4.45. The highest BCUT2D eigenvalue weighted by molar-refractivity contribution is 6.27. The molecule has 0 bridgehead atoms. The molecule has 5 heteroatoms. The van der Waals surface area contributed by atoms with E-state index in [9.17, 15) is 18.4 Å². The van der Waals surface area contributed by atoms with Gasteiger partial charge in [0.1, 0.15) is 0 Å². The minimum absolute atomic E-state index is 0.0970. The van der Waals surface area contributed by atoms with Crippen molar-refractivity contribution in [3.05, 3.63) is 58.5 Å². The van der Waals surface area contributed by atoms with Gasteiger partial charge in [0.15, 0.2) is 17.3 Å². The lowest BCUT2D eigenvalue weighted by Gasteiger charge is -2.11. The Kier molecular flexibility index (Phi) is 2.23. The largest absolute Gasteiger partial charge is 0.450 e. The maximum atomic E-state index is 13.2. The number of hydrogen-bond acceptors (Lipinski definition) is 3. The molecule has 0 amide bonds. The van der Waals surface area contributed by atoms with E-state index in [1.165, 1.54) is 12.1 Å². The molecule has 0 saturated heterocycles. The highest BCUT2D eigenvalue weighted by atomic mass is 19.3. The zero-order chi connectivity index (χ0) is 13.8. The van der Waals surface area contributed by atoms with Crippen LogP contribution in [0.4, 0.5) is 8.78 Å². The molecule has 0 aliphatic heterocycles. The molecular formula is C14H8F2O3. The summed E-state index contributed by atoms with van der Waals surface area (Å²) in [5, 5.41) is 0. The molecule has 3 nitrogen and oxygen atoms in total. The average Bonchev–Trinajstić information content (AvgIpc) is 2.81. The number of carbonyl (C=O) groups excluding carboxylic acids is 2. The Labute approximate surface area is 106 Å². The van der Waals surface area contributed by atoms with Crippen molar-refractivity contribution >= 4 is 11.6 Å². The third-order valence-corrected chi connectivity index (χ3v) is 3.03. The van der Waals surface area contributed by atoms with Gasteiger partial charge in [0, 0.05) is 18.1 Å². The van der Waals surface area contributed by atoms with Crippen molar-refractivity contribution in [1.82, 2.24) is 0 Å². The van der Waals surface area contributed by atoms with E-state index in [1.807, 2.05) is 0 Å². The maximum absolute atomic E-state index is 13.2. The van der Waals surface area contributed by atoms with Crippen LogP contribution in [-0.2, 0) is 5.92 Å². The fourth-order valence-electron chi connectivity index (χ4n) is 2.09. The first-order valence-electron chi connectivity index (χ1n) is 5.60. The first kappa shape index (κ1) is 11.8. The van der Waals surface area contributed by atoms with E-state index < -0.39 is 23.2 Å². The molecule has 0 N–H and O–H groups in total. The normalized spacial score (nSPS) is 14.3. The summed E-state index contributed by atoms with van der Waals surface area (Å²) in [6.45, 7) is 0.652. The van der Waals surface area contributed by atoms with Crippen LogP contribution in [0.3, 0.4) is 0 Å². The highest BCUT2D eigenvalue weighted by Crippen LogP contribution is 2.35. The number of benzene rings is 1. The van der Waals surface area contributed by atoms with E-state index in [4.69, 9.17) is 4.42 Å². The van der Waals surface area contributed by atoms with E-state index in [1.54, 1.807) is 12.1 Å². The van der Waals surface area contributed by atoms with Crippen molar-refractivity contribution < 1.29 is 22.8 Å².